The van der Waals surface area contributed by atoms with Crippen LogP contribution in [0.3, 0.4) is 0 Å². The molecule has 1 aromatic carbocycles. The molecule has 0 unspecified atom stereocenters. The largest absolute Gasteiger partial charge is 0.478 e. The Balaban J connectivity index is 1.90. The molecular formula is C15H20N2O2. The van der Waals surface area contributed by atoms with E-state index in [4.69, 9.17) is 5.11 Å². The Morgan fingerprint density at radius 3 is 2.89 bits per heavy atom. The number of rotatable bonds is 2. The summed E-state index contributed by atoms with van der Waals surface area (Å²) in [6, 6.07) is 6.11. The fraction of sp³-hybridized carbons (Fsp3) is 0.533. The number of hydrogen-bond donors (Lipinski definition) is 1. The van der Waals surface area contributed by atoms with Gasteiger partial charge in [-0.2, -0.15) is 0 Å². The van der Waals surface area contributed by atoms with Crippen molar-refractivity contribution >= 4 is 5.97 Å². The zero-order valence-electron chi connectivity index (χ0n) is 11.3. The van der Waals surface area contributed by atoms with E-state index in [1.165, 1.54) is 17.5 Å². The van der Waals surface area contributed by atoms with E-state index in [2.05, 4.69) is 16.8 Å². The Morgan fingerprint density at radius 2 is 2.21 bits per heavy atom. The van der Waals surface area contributed by atoms with Gasteiger partial charge in [0, 0.05) is 19.1 Å². The van der Waals surface area contributed by atoms with Gasteiger partial charge in [0.05, 0.1) is 12.2 Å². The molecule has 102 valence electrons. The van der Waals surface area contributed by atoms with Crippen LogP contribution in [-0.4, -0.2) is 47.7 Å². The van der Waals surface area contributed by atoms with Crippen LogP contribution in [0.4, 0.5) is 0 Å². The SMILES string of the molecule is CN1CCN([C@H]2CCCc3cc(C(=O)O)ccc32)C1. The zero-order chi connectivity index (χ0) is 13.4. The minimum absolute atomic E-state index is 0.415. The summed E-state index contributed by atoms with van der Waals surface area (Å²) >= 11 is 0. The lowest BCUT2D eigenvalue weighted by atomic mass is 9.86. The molecule has 1 heterocycles. The third-order valence-electron chi connectivity index (χ3n) is 4.31. The van der Waals surface area contributed by atoms with Gasteiger partial charge in [0.1, 0.15) is 0 Å². The number of aromatic carboxylic acids is 1. The zero-order valence-corrected chi connectivity index (χ0v) is 11.3. The lowest BCUT2D eigenvalue weighted by Crippen LogP contribution is -2.30. The number of fused-ring (bicyclic) bond motifs is 1. The molecule has 1 aliphatic heterocycles. The highest BCUT2D eigenvalue weighted by molar-refractivity contribution is 5.88. The van der Waals surface area contributed by atoms with Crippen molar-refractivity contribution in [2.24, 2.45) is 0 Å². The van der Waals surface area contributed by atoms with Crippen molar-refractivity contribution in [3.05, 3.63) is 34.9 Å². The molecule has 1 aliphatic carbocycles. The number of carbonyl (C=O) groups is 1. The molecule has 0 saturated carbocycles. The summed E-state index contributed by atoms with van der Waals surface area (Å²) in [7, 11) is 2.15. The molecule has 1 N–H and O–H groups in total. The average molecular weight is 260 g/mol. The number of nitrogens with zero attached hydrogens (tertiary/aromatic N) is 2. The summed E-state index contributed by atoms with van der Waals surface area (Å²) in [4.78, 5) is 15.9. The number of aryl methyl sites for hydroxylation is 1. The summed E-state index contributed by atoms with van der Waals surface area (Å²) in [6.45, 7) is 3.26. The molecule has 3 rings (SSSR count). The maximum absolute atomic E-state index is 11.1. The first-order valence-electron chi connectivity index (χ1n) is 6.94. The lowest BCUT2D eigenvalue weighted by molar-refractivity contribution is 0.0696. The smallest absolute Gasteiger partial charge is 0.335 e. The topological polar surface area (TPSA) is 43.8 Å². The van der Waals surface area contributed by atoms with Crippen LogP contribution in [0.1, 0.15) is 40.4 Å². The van der Waals surface area contributed by atoms with Crippen molar-refractivity contribution in [2.75, 3.05) is 26.8 Å². The van der Waals surface area contributed by atoms with Crippen molar-refractivity contribution in [1.29, 1.82) is 0 Å². The number of benzene rings is 1. The lowest BCUT2D eigenvalue weighted by Gasteiger charge is -2.33. The van der Waals surface area contributed by atoms with E-state index in [-0.39, 0.29) is 0 Å². The molecule has 1 atom stereocenters. The van der Waals surface area contributed by atoms with Crippen molar-refractivity contribution in [3.63, 3.8) is 0 Å². The second-order valence-corrected chi connectivity index (χ2v) is 5.66. The van der Waals surface area contributed by atoms with Crippen molar-refractivity contribution < 1.29 is 9.90 Å². The fourth-order valence-electron chi connectivity index (χ4n) is 3.31. The van der Waals surface area contributed by atoms with Gasteiger partial charge in [-0.15, -0.1) is 0 Å². The molecule has 0 radical (unpaired) electrons. The molecule has 1 aromatic rings. The van der Waals surface area contributed by atoms with Crippen LogP contribution in [0.2, 0.25) is 0 Å². The molecule has 19 heavy (non-hydrogen) atoms. The first kappa shape index (κ1) is 12.6. The number of likely N-dealkylation sites (N-methyl/N-ethyl adjacent to an activating group) is 1. The number of hydrogen-bond acceptors (Lipinski definition) is 3. The van der Waals surface area contributed by atoms with Gasteiger partial charge in [-0.05, 0) is 49.6 Å². The van der Waals surface area contributed by atoms with Gasteiger partial charge in [-0.3, -0.25) is 9.80 Å². The maximum atomic E-state index is 11.1. The van der Waals surface area contributed by atoms with Crippen LogP contribution in [0.15, 0.2) is 18.2 Å². The minimum atomic E-state index is -0.828. The second-order valence-electron chi connectivity index (χ2n) is 5.66. The summed E-state index contributed by atoms with van der Waals surface area (Å²) in [5.41, 5.74) is 2.98. The standard InChI is InChI=1S/C15H20N2O2/c1-16-7-8-17(10-16)14-4-2-3-11-9-12(15(18)19)5-6-13(11)14/h5-6,9,14H,2-4,7-8,10H2,1H3,(H,18,19)/t14-/m0/s1. The van der Waals surface area contributed by atoms with E-state index in [9.17, 15) is 4.79 Å². The molecular weight excluding hydrogens is 240 g/mol. The van der Waals surface area contributed by atoms with E-state index < -0.39 is 5.97 Å². The highest BCUT2D eigenvalue weighted by Gasteiger charge is 2.29. The highest BCUT2D eigenvalue weighted by Crippen LogP contribution is 2.35. The Labute approximate surface area is 113 Å². The number of carboxylic acids is 1. The molecule has 1 fully saturated rings. The maximum Gasteiger partial charge on any atom is 0.335 e. The second kappa shape index (κ2) is 4.94. The van der Waals surface area contributed by atoms with Crippen LogP contribution in [0.25, 0.3) is 0 Å². The predicted molar refractivity (Wildman–Crippen MR) is 73.3 cm³/mol. The monoisotopic (exact) mass is 260 g/mol. The quantitative estimate of drug-likeness (QED) is 0.883. The van der Waals surface area contributed by atoms with Gasteiger partial charge in [-0.25, -0.2) is 4.79 Å². The summed E-state index contributed by atoms with van der Waals surface area (Å²) in [5.74, 6) is -0.828. The van der Waals surface area contributed by atoms with Crippen LogP contribution in [0.5, 0.6) is 0 Å². The molecule has 2 aliphatic rings. The molecule has 0 amide bonds. The minimum Gasteiger partial charge on any atom is -0.478 e. The van der Waals surface area contributed by atoms with Crippen LogP contribution >= 0.6 is 0 Å². The van der Waals surface area contributed by atoms with Gasteiger partial charge < -0.3 is 5.11 Å². The summed E-state index contributed by atoms with van der Waals surface area (Å²) in [5, 5.41) is 9.08. The number of carboxylic acid groups (broad SMARTS) is 1. The van der Waals surface area contributed by atoms with E-state index in [0.29, 0.717) is 11.6 Å². The molecule has 4 nitrogen and oxygen atoms in total. The molecule has 0 bridgehead atoms. The Bertz CT molecular complexity index is 501. The van der Waals surface area contributed by atoms with Gasteiger partial charge in [0.15, 0.2) is 0 Å². The first-order valence-corrected chi connectivity index (χ1v) is 6.94. The van der Waals surface area contributed by atoms with Gasteiger partial charge >= 0.3 is 5.97 Å². The van der Waals surface area contributed by atoms with E-state index in [1.807, 2.05) is 12.1 Å². The van der Waals surface area contributed by atoms with Gasteiger partial charge in [0.2, 0.25) is 0 Å². The predicted octanol–water partition coefficient (Wildman–Crippen LogP) is 1.97. The van der Waals surface area contributed by atoms with Gasteiger partial charge in [0.25, 0.3) is 0 Å². The van der Waals surface area contributed by atoms with Crippen molar-refractivity contribution in [1.82, 2.24) is 9.80 Å². The third kappa shape index (κ3) is 2.38. The van der Waals surface area contributed by atoms with Crippen LogP contribution in [0, 0.1) is 0 Å². The van der Waals surface area contributed by atoms with E-state index in [0.717, 1.165) is 32.6 Å². The summed E-state index contributed by atoms with van der Waals surface area (Å²) in [6.07, 6.45) is 3.35. The Hall–Kier alpha value is -1.39. The van der Waals surface area contributed by atoms with Crippen molar-refractivity contribution in [3.8, 4) is 0 Å². The van der Waals surface area contributed by atoms with Crippen molar-refractivity contribution in [2.45, 2.75) is 25.3 Å². The van der Waals surface area contributed by atoms with Crippen LogP contribution in [-0.2, 0) is 6.42 Å². The Morgan fingerprint density at radius 1 is 1.37 bits per heavy atom. The van der Waals surface area contributed by atoms with E-state index in [1.54, 1.807) is 6.07 Å². The average Bonchev–Trinajstić information content (AvgIpc) is 2.84. The molecule has 0 spiro atoms. The highest BCUT2D eigenvalue weighted by atomic mass is 16.4. The molecule has 0 aromatic heterocycles. The Kier molecular flexibility index (Phi) is 3.29. The van der Waals surface area contributed by atoms with Gasteiger partial charge in [-0.1, -0.05) is 6.07 Å². The van der Waals surface area contributed by atoms with Crippen LogP contribution < -0.4 is 0 Å². The normalized spacial score (nSPS) is 24.4. The summed E-state index contributed by atoms with van der Waals surface area (Å²) < 4.78 is 0. The fourth-order valence-corrected chi connectivity index (χ4v) is 3.31. The molecule has 4 heteroatoms. The third-order valence-corrected chi connectivity index (χ3v) is 4.31. The first-order chi connectivity index (χ1) is 9.15. The van der Waals surface area contributed by atoms with E-state index >= 15 is 0 Å². The molecule has 1 saturated heterocycles.